The minimum Gasteiger partial charge on any atom is -0.493 e. The molecule has 8 nitrogen and oxygen atoms in total. The van der Waals surface area contributed by atoms with Gasteiger partial charge in [-0.05, 0) is 30.3 Å². The van der Waals surface area contributed by atoms with E-state index in [0.717, 1.165) is 11.3 Å². The van der Waals surface area contributed by atoms with Crippen LogP contribution in [0.15, 0.2) is 53.7 Å². The van der Waals surface area contributed by atoms with Crippen molar-refractivity contribution in [3.05, 3.63) is 48.5 Å². The summed E-state index contributed by atoms with van der Waals surface area (Å²) in [5, 5.41) is 18.3. The number of methoxy groups -OCH3 is 2. The van der Waals surface area contributed by atoms with E-state index in [9.17, 15) is 4.79 Å². The van der Waals surface area contributed by atoms with Gasteiger partial charge in [0.25, 0.3) is 0 Å². The molecule has 0 radical (unpaired) electrons. The molecule has 30 heavy (non-hydrogen) atoms. The summed E-state index contributed by atoms with van der Waals surface area (Å²) in [6, 6.07) is 15.3. The van der Waals surface area contributed by atoms with Gasteiger partial charge in [-0.1, -0.05) is 30.0 Å². The molecule has 3 rings (SSSR count). The van der Waals surface area contributed by atoms with Gasteiger partial charge in [-0.2, -0.15) is 0 Å². The highest BCUT2D eigenvalue weighted by molar-refractivity contribution is 7.99. The second-order valence-corrected chi connectivity index (χ2v) is 7.32. The first kappa shape index (κ1) is 21.7. The first-order chi connectivity index (χ1) is 14.6. The smallest absolute Gasteiger partial charge is 0.232 e. The second kappa shape index (κ2) is 10.1. The highest BCUT2D eigenvalue weighted by Crippen LogP contribution is 2.34. The zero-order valence-electron chi connectivity index (χ0n) is 17.1. The Bertz CT molecular complexity index is 994. The Morgan fingerprint density at radius 3 is 2.50 bits per heavy atom. The van der Waals surface area contributed by atoms with Gasteiger partial charge < -0.3 is 19.5 Å². The highest BCUT2D eigenvalue weighted by atomic mass is 32.2. The number of ether oxygens (including phenoxy) is 2. The van der Waals surface area contributed by atoms with E-state index in [1.165, 1.54) is 16.7 Å². The number of hydrogen-bond acceptors (Lipinski definition) is 7. The van der Waals surface area contributed by atoms with Gasteiger partial charge >= 0.3 is 0 Å². The van der Waals surface area contributed by atoms with Crippen molar-refractivity contribution in [1.82, 2.24) is 19.7 Å². The van der Waals surface area contributed by atoms with Gasteiger partial charge in [0, 0.05) is 24.8 Å². The maximum atomic E-state index is 12.3. The number of aliphatic hydroxyl groups is 1. The molecular weight excluding hydrogens is 404 g/mol. The predicted molar refractivity (Wildman–Crippen MR) is 115 cm³/mol. The molecule has 0 saturated carbocycles. The largest absolute Gasteiger partial charge is 0.493 e. The quantitative estimate of drug-likeness (QED) is 0.524. The number of likely N-dealkylation sites (N-methyl/N-ethyl adjacent to an activating group) is 1. The van der Waals surface area contributed by atoms with Crippen LogP contribution in [0.25, 0.3) is 17.1 Å². The van der Waals surface area contributed by atoms with Gasteiger partial charge in [0.2, 0.25) is 5.91 Å². The van der Waals surface area contributed by atoms with Crippen LogP contribution in [0.5, 0.6) is 11.5 Å². The molecule has 2 aromatic carbocycles. The number of aliphatic hydroxyl groups excluding tert-OH is 1. The van der Waals surface area contributed by atoms with Crippen LogP contribution in [-0.4, -0.2) is 70.8 Å². The second-order valence-electron chi connectivity index (χ2n) is 6.37. The Hall–Kier alpha value is -3.04. The van der Waals surface area contributed by atoms with E-state index in [1.54, 1.807) is 21.3 Å². The minimum absolute atomic E-state index is 0.0729. The molecule has 1 N–H and O–H groups in total. The summed E-state index contributed by atoms with van der Waals surface area (Å²) in [4.78, 5) is 13.8. The highest BCUT2D eigenvalue weighted by Gasteiger charge is 2.19. The van der Waals surface area contributed by atoms with Crippen LogP contribution < -0.4 is 9.47 Å². The van der Waals surface area contributed by atoms with Gasteiger partial charge in [0.15, 0.2) is 22.5 Å². The molecule has 0 spiro atoms. The van der Waals surface area contributed by atoms with Gasteiger partial charge in [-0.3, -0.25) is 9.36 Å². The lowest BCUT2D eigenvalue weighted by Gasteiger charge is -2.15. The number of nitrogens with zero attached hydrogens (tertiary/aromatic N) is 4. The van der Waals surface area contributed by atoms with Crippen molar-refractivity contribution in [1.29, 1.82) is 0 Å². The van der Waals surface area contributed by atoms with E-state index in [2.05, 4.69) is 10.2 Å². The standard InChI is InChI=1S/C21H24N4O4S/c1-24(11-12-26)19(27)14-30-21-23-22-20(25(21)16-7-5-4-6-8-16)15-9-10-17(28-2)18(13-15)29-3/h4-10,13,26H,11-12,14H2,1-3H3. The molecule has 3 aromatic rings. The third kappa shape index (κ3) is 4.74. The number of carbonyl (C=O) groups excluding carboxylic acids is 1. The Labute approximate surface area is 179 Å². The van der Waals surface area contributed by atoms with Crippen molar-refractivity contribution < 1.29 is 19.4 Å². The van der Waals surface area contributed by atoms with Crippen LogP contribution in [-0.2, 0) is 4.79 Å². The lowest BCUT2D eigenvalue weighted by atomic mass is 10.2. The van der Waals surface area contributed by atoms with Crippen LogP contribution in [0.2, 0.25) is 0 Å². The third-order valence-corrected chi connectivity index (χ3v) is 5.39. The van der Waals surface area contributed by atoms with Crippen molar-refractivity contribution in [2.24, 2.45) is 0 Å². The molecule has 1 amide bonds. The molecule has 9 heteroatoms. The summed E-state index contributed by atoms with van der Waals surface area (Å²) in [5.41, 5.74) is 1.69. The van der Waals surface area contributed by atoms with Gasteiger partial charge in [0.1, 0.15) is 0 Å². The fourth-order valence-electron chi connectivity index (χ4n) is 2.85. The van der Waals surface area contributed by atoms with E-state index >= 15 is 0 Å². The molecule has 0 aliphatic carbocycles. The lowest BCUT2D eigenvalue weighted by molar-refractivity contribution is -0.127. The Kier molecular flexibility index (Phi) is 7.31. The van der Waals surface area contributed by atoms with Crippen LogP contribution >= 0.6 is 11.8 Å². The third-order valence-electron chi connectivity index (χ3n) is 4.48. The van der Waals surface area contributed by atoms with Crippen molar-refractivity contribution in [2.45, 2.75) is 5.16 Å². The summed E-state index contributed by atoms with van der Waals surface area (Å²) in [5.74, 6) is 1.94. The summed E-state index contributed by atoms with van der Waals surface area (Å²) < 4.78 is 12.7. The monoisotopic (exact) mass is 428 g/mol. The first-order valence-electron chi connectivity index (χ1n) is 9.30. The Balaban J connectivity index is 1.98. The molecule has 0 unspecified atom stereocenters. The molecule has 0 bridgehead atoms. The van der Waals surface area contributed by atoms with Gasteiger partial charge in [0.05, 0.1) is 26.6 Å². The molecule has 158 valence electrons. The summed E-state index contributed by atoms with van der Waals surface area (Å²) in [6.07, 6.45) is 0. The maximum absolute atomic E-state index is 12.3. The van der Waals surface area contributed by atoms with E-state index < -0.39 is 0 Å². The lowest BCUT2D eigenvalue weighted by Crippen LogP contribution is -2.30. The van der Waals surface area contributed by atoms with E-state index in [-0.39, 0.29) is 18.3 Å². The average Bonchev–Trinajstić information content (AvgIpc) is 3.21. The van der Waals surface area contributed by atoms with Crippen LogP contribution in [0.1, 0.15) is 0 Å². The van der Waals surface area contributed by atoms with Crippen LogP contribution in [0, 0.1) is 0 Å². The van der Waals surface area contributed by atoms with Crippen molar-refractivity contribution >= 4 is 17.7 Å². The fourth-order valence-corrected chi connectivity index (χ4v) is 3.74. The zero-order valence-corrected chi connectivity index (χ0v) is 17.9. The SMILES string of the molecule is COc1ccc(-c2nnc(SCC(=O)N(C)CCO)n2-c2ccccc2)cc1OC. The molecule has 0 aliphatic rings. The van der Waals surface area contributed by atoms with Crippen LogP contribution in [0.3, 0.4) is 0 Å². The number of thioether (sulfide) groups is 1. The molecular formula is C21H24N4O4S. The van der Waals surface area contributed by atoms with Crippen molar-refractivity contribution in [3.8, 4) is 28.6 Å². The first-order valence-corrected chi connectivity index (χ1v) is 10.3. The molecule has 1 heterocycles. The summed E-state index contributed by atoms with van der Waals surface area (Å²) in [6.45, 7) is 0.220. The summed E-state index contributed by atoms with van der Waals surface area (Å²) in [7, 11) is 4.83. The molecule has 1 aromatic heterocycles. The number of benzene rings is 2. The zero-order chi connectivity index (χ0) is 21.5. The van der Waals surface area contributed by atoms with Crippen LogP contribution in [0.4, 0.5) is 0 Å². The summed E-state index contributed by atoms with van der Waals surface area (Å²) >= 11 is 1.30. The Morgan fingerprint density at radius 1 is 1.10 bits per heavy atom. The number of hydrogen-bond donors (Lipinski definition) is 1. The molecule has 0 fully saturated rings. The topological polar surface area (TPSA) is 89.7 Å². The molecule has 0 aliphatic heterocycles. The van der Waals surface area contributed by atoms with Gasteiger partial charge in [-0.25, -0.2) is 0 Å². The predicted octanol–water partition coefficient (Wildman–Crippen LogP) is 2.49. The number of aromatic nitrogens is 3. The van der Waals surface area contributed by atoms with E-state index in [4.69, 9.17) is 14.6 Å². The number of para-hydroxylation sites is 1. The maximum Gasteiger partial charge on any atom is 0.232 e. The Morgan fingerprint density at radius 2 is 1.83 bits per heavy atom. The number of rotatable bonds is 9. The van der Waals surface area contributed by atoms with E-state index in [0.29, 0.717) is 29.0 Å². The van der Waals surface area contributed by atoms with Crippen molar-refractivity contribution in [2.75, 3.05) is 40.2 Å². The number of amides is 1. The van der Waals surface area contributed by atoms with E-state index in [1.807, 2.05) is 53.1 Å². The average molecular weight is 429 g/mol. The normalized spacial score (nSPS) is 10.7. The molecule has 0 atom stereocenters. The minimum atomic E-state index is -0.0932. The van der Waals surface area contributed by atoms with Gasteiger partial charge in [-0.15, -0.1) is 10.2 Å². The molecule has 0 saturated heterocycles. The number of carbonyl (C=O) groups is 1. The fraction of sp³-hybridized carbons (Fsp3) is 0.286. The van der Waals surface area contributed by atoms with Crippen molar-refractivity contribution in [3.63, 3.8) is 0 Å².